The summed E-state index contributed by atoms with van der Waals surface area (Å²) in [4.78, 5) is 44.3. The van der Waals surface area contributed by atoms with E-state index in [9.17, 15) is 14.4 Å². The molecule has 0 bridgehead atoms. The molecule has 172 valence electrons. The average Bonchev–Trinajstić information content (AvgIpc) is 3.44. The number of benzene rings is 2. The Morgan fingerprint density at radius 2 is 1.88 bits per heavy atom. The van der Waals surface area contributed by atoms with Crippen LogP contribution in [0.5, 0.6) is 5.75 Å². The number of thiophene rings is 1. The van der Waals surface area contributed by atoms with Crippen LogP contribution in [-0.2, 0) is 21.5 Å². The van der Waals surface area contributed by atoms with Gasteiger partial charge in [-0.2, -0.15) is 0 Å². The molecule has 2 aliphatic heterocycles. The summed E-state index contributed by atoms with van der Waals surface area (Å²) in [5.74, 6) is -0.0681. The molecule has 1 aliphatic carbocycles. The van der Waals surface area contributed by atoms with Crippen molar-refractivity contribution in [2.75, 3.05) is 18.1 Å². The minimum atomic E-state index is -1.06. The first-order valence-electron chi connectivity index (χ1n) is 11.4. The molecule has 2 atom stereocenters. The summed E-state index contributed by atoms with van der Waals surface area (Å²) >= 11 is 1.61. The van der Waals surface area contributed by atoms with E-state index in [2.05, 4.69) is 5.32 Å². The maximum absolute atomic E-state index is 13.8. The van der Waals surface area contributed by atoms with Gasteiger partial charge < -0.3 is 10.1 Å². The largest absolute Gasteiger partial charge is 0.489 e. The van der Waals surface area contributed by atoms with Crippen LogP contribution in [0.15, 0.2) is 66.0 Å². The lowest BCUT2D eigenvalue weighted by molar-refractivity contribution is -0.135. The first-order valence-corrected chi connectivity index (χ1v) is 12.3. The molecule has 4 amide bonds. The number of para-hydroxylation sites is 2. The van der Waals surface area contributed by atoms with Gasteiger partial charge in [-0.15, -0.1) is 11.3 Å². The third kappa shape index (κ3) is 3.13. The summed E-state index contributed by atoms with van der Waals surface area (Å²) < 4.78 is 5.95. The molecule has 2 aromatic carbocycles. The quantitative estimate of drug-likeness (QED) is 0.584. The van der Waals surface area contributed by atoms with Crippen LogP contribution < -0.4 is 15.0 Å². The number of imide groups is 1. The highest BCUT2D eigenvalue weighted by atomic mass is 32.1. The van der Waals surface area contributed by atoms with Gasteiger partial charge in [-0.1, -0.05) is 42.5 Å². The van der Waals surface area contributed by atoms with Crippen LogP contribution in [0, 0.1) is 0 Å². The zero-order chi connectivity index (χ0) is 23.3. The number of aryl methyl sites for hydroxylation is 1. The van der Waals surface area contributed by atoms with Crippen molar-refractivity contribution < 1.29 is 19.1 Å². The Morgan fingerprint density at radius 3 is 2.74 bits per heavy atom. The predicted molar refractivity (Wildman–Crippen MR) is 128 cm³/mol. The molecule has 1 saturated heterocycles. The minimum Gasteiger partial charge on any atom is -0.489 e. The summed E-state index contributed by atoms with van der Waals surface area (Å²) in [6.45, 7) is -0.0430. The number of fused-ring (bicyclic) bond motifs is 3. The number of amides is 4. The summed E-state index contributed by atoms with van der Waals surface area (Å²) in [5, 5.41) is 4.89. The number of hydrogen-bond donors (Lipinski definition) is 1. The third-order valence-electron chi connectivity index (χ3n) is 6.92. The average molecular weight is 474 g/mol. The second kappa shape index (κ2) is 7.99. The number of hydrogen-bond acceptors (Lipinski definition) is 5. The zero-order valence-corrected chi connectivity index (χ0v) is 19.2. The van der Waals surface area contributed by atoms with Gasteiger partial charge in [0.2, 0.25) is 5.91 Å². The molecule has 0 saturated carbocycles. The number of nitrogens with one attached hydrogen (secondary N) is 1. The van der Waals surface area contributed by atoms with Crippen molar-refractivity contribution >= 4 is 34.9 Å². The molecule has 1 spiro atoms. The SMILES string of the molecule is O=C1NC2(CCCc3sccc32)C(=O)N1CC(=O)N1c2ccccc2OCC1c1ccccc1. The normalized spacial score (nSPS) is 23.4. The number of nitrogens with zero attached hydrogens (tertiary/aromatic N) is 2. The highest BCUT2D eigenvalue weighted by Crippen LogP contribution is 2.43. The van der Waals surface area contributed by atoms with Crippen LogP contribution in [-0.4, -0.2) is 35.9 Å². The van der Waals surface area contributed by atoms with Crippen LogP contribution in [0.25, 0.3) is 0 Å². The van der Waals surface area contributed by atoms with Crippen molar-refractivity contribution in [1.29, 1.82) is 0 Å². The Morgan fingerprint density at radius 1 is 1.09 bits per heavy atom. The van der Waals surface area contributed by atoms with Gasteiger partial charge in [-0.25, -0.2) is 4.79 Å². The Balaban J connectivity index is 1.33. The topological polar surface area (TPSA) is 79.0 Å². The molecular weight excluding hydrogens is 450 g/mol. The van der Waals surface area contributed by atoms with E-state index in [1.165, 1.54) is 0 Å². The van der Waals surface area contributed by atoms with Gasteiger partial charge in [-0.3, -0.25) is 19.4 Å². The standard InChI is InChI=1S/C26H23N3O4S/c30-23(15-28-24(31)26(27-25(28)32)13-6-11-22-18(26)12-14-34-22)29-19-9-4-5-10-21(19)33-16-20(29)17-7-2-1-3-8-17/h1-5,7-10,12,14,20H,6,11,13,15-16H2,(H,27,32). The molecule has 3 aromatic rings. The van der Waals surface area contributed by atoms with Crippen LogP contribution in [0.2, 0.25) is 0 Å². The first-order chi connectivity index (χ1) is 16.6. The predicted octanol–water partition coefficient (Wildman–Crippen LogP) is 4.00. The van der Waals surface area contributed by atoms with E-state index >= 15 is 0 Å². The van der Waals surface area contributed by atoms with Crippen molar-refractivity contribution in [1.82, 2.24) is 10.2 Å². The molecule has 1 fully saturated rings. The second-order valence-electron chi connectivity index (χ2n) is 8.81. The Labute approximate surface area is 200 Å². The van der Waals surface area contributed by atoms with Crippen molar-refractivity contribution in [3.8, 4) is 5.75 Å². The minimum absolute atomic E-state index is 0.287. The first kappa shape index (κ1) is 20.9. The van der Waals surface area contributed by atoms with Crippen LogP contribution in [0.4, 0.5) is 10.5 Å². The molecule has 2 unspecified atom stereocenters. The number of anilines is 1. The number of urea groups is 1. The summed E-state index contributed by atoms with van der Waals surface area (Å²) in [5.41, 5.74) is 1.37. The molecule has 8 heteroatoms. The summed E-state index contributed by atoms with van der Waals surface area (Å²) in [6, 6.07) is 18.0. The Hall–Kier alpha value is -3.65. The highest BCUT2D eigenvalue weighted by Gasteiger charge is 2.55. The maximum Gasteiger partial charge on any atom is 0.325 e. The fourth-order valence-electron chi connectivity index (χ4n) is 5.31. The van der Waals surface area contributed by atoms with E-state index in [0.29, 0.717) is 17.9 Å². The Bertz CT molecular complexity index is 1290. The number of rotatable bonds is 3. The Kier molecular flexibility index (Phi) is 4.91. The highest BCUT2D eigenvalue weighted by molar-refractivity contribution is 7.10. The van der Waals surface area contributed by atoms with Gasteiger partial charge in [0.25, 0.3) is 5.91 Å². The molecular formula is C26H23N3O4S. The number of ether oxygens (including phenoxy) is 1. The van der Waals surface area contributed by atoms with Gasteiger partial charge in [0.15, 0.2) is 0 Å². The van der Waals surface area contributed by atoms with Crippen molar-refractivity contribution in [3.05, 3.63) is 82.0 Å². The molecule has 7 nitrogen and oxygen atoms in total. The van der Waals surface area contributed by atoms with Gasteiger partial charge in [0.1, 0.15) is 24.4 Å². The molecule has 34 heavy (non-hydrogen) atoms. The maximum atomic E-state index is 13.8. The molecule has 0 radical (unpaired) electrons. The number of carbonyl (C=O) groups excluding carboxylic acids is 3. The van der Waals surface area contributed by atoms with E-state index in [0.717, 1.165) is 33.7 Å². The zero-order valence-electron chi connectivity index (χ0n) is 18.4. The second-order valence-corrected chi connectivity index (χ2v) is 9.81. The van der Waals surface area contributed by atoms with Crippen molar-refractivity contribution in [2.24, 2.45) is 0 Å². The van der Waals surface area contributed by atoms with Gasteiger partial charge >= 0.3 is 6.03 Å². The van der Waals surface area contributed by atoms with E-state index in [1.807, 2.05) is 66.0 Å². The molecule has 3 aliphatic rings. The summed E-state index contributed by atoms with van der Waals surface area (Å²) in [6.07, 6.45) is 2.26. The lowest BCUT2D eigenvalue weighted by Gasteiger charge is -2.38. The van der Waals surface area contributed by atoms with Crippen LogP contribution in [0.1, 0.15) is 34.9 Å². The van der Waals surface area contributed by atoms with E-state index < -0.39 is 11.6 Å². The van der Waals surface area contributed by atoms with E-state index in [-0.39, 0.29) is 31.0 Å². The molecule has 1 N–H and O–H groups in total. The van der Waals surface area contributed by atoms with E-state index in [1.54, 1.807) is 16.2 Å². The van der Waals surface area contributed by atoms with E-state index in [4.69, 9.17) is 4.74 Å². The molecule has 1 aromatic heterocycles. The van der Waals surface area contributed by atoms with Gasteiger partial charge in [-0.05, 0) is 48.4 Å². The fourth-order valence-corrected chi connectivity index (χ4v) is 6.31. The monoisotopic (exact) mass is 473 g/mol. The summed E-state index contributed by atoms with van der Waals surface area (Å²) in [7, 11) is 0. The number of carbonyl (C=O) groups is 3. The van der Waals surface area contributed by atoms with Crippen molar-refractivity contribution in [3.63, 3.8) is 0 Å². The van der Waals surface area contributed by atoms with Crippen molar-refractivity contribution in [2.45, 2.75) is 30.8 Å². The third-order valence-corrected chi connectivity index (χ3v) is 7.90. The van der Waals surface area contributed by atoms with Gasteiger partial charge in [0.05, 0.1) is 11.7 Å². The van der Waals surface area contributed by atoms with Gasteiger partial charge in [0, 0.05) is 10.4 Å². The van der Waals surface area contributed by atoms with Crippen LogP contribution >= 0.6 is 11.3 Å². The fraction of sp³-hybridized carbons (Fsp3) is 0.269. The molecule has 3 heterocycles. The molecule has 6 rings (SSSR count). The van der Waals surface area contributed by atoms with Crippen LogP contribution in [0.3, 0.4) is 0 Å². The smallest absolute Gasteiger partial charge is 0.325 e. The lowest BCUT2D eigenvalue weighted by atomic mass is 9.80. The lowest BCUT2D eigenvalue weighted by Crippen LogP contribution is -2.49.